The highest BCUT2D eigenvalue weighted by Gasteiger charge is 2.46. The Bertz CT molecular complexity index is 521. The fourth-order valence-corrected chi connectivity index (χ4v) is 3.73. The summed E-state index contributed by atoms with van der Waals surface area (Å²) in [5.41, 5.74) is 0.540. The van der Waals surface area contributed by atoms with Crippen molar-refractivity contribution in [3.05, 3.63) is 29.8 Å². The van der Waals surface area contributed by atoms with Crippen LogP contribution in [0.1, 0.15) is 43.7 Å². The van der Waals surface area contributed by atoms with Gasteiger partial charge in [-0.15, -0.1) is 0 Å². The second-order valence-corrected chi connectivity index (χ2v) is 6.84. The minimum atomic E-state index is -0.708. The molecule has 1 saturated heterocycles. The van der Waals surface area contributed by atoms with Crippen molar-refractivity contribution in [2.45, 2.75) is 49.3 Å². The molecule has 114 valence electrons. The van der Waals surface area contributed by atoms with Crippen molar-refractivity contribution < 1.29 is 14.6 Å². The van der Waals surface area contributed by atoms with E-state index in [0.717, 1.165) is 31.4 Å². The zero-order valence-corrected chi connectivity index (χ0v) is 12.3. The van der Waals surface area contributed by atoms with Crippen LogP contribution in [-0.4, -0.2) is 36.1 Å². The van der Waals surface area contributed by atoms with Gasteiger partial charge in [-0.2, -0.15) is 0 Å². The Morgan fingerprint density at radius 1 is 1.24 bits per heavy atom. The zero-order valence-electron chi connectivity index (χ0n) is 12.3. The molecule has 0 bridgehead atoms. The molecule has 2 aliphatic heterocycles. The molecule has 1 saturated carbocycles. The van der Waals surface area contributed by atoms with E-state index in [4.69, 9.17) is 9.47 Å². The number of aliphatic hydroxyl groups is 1. The molecule has 1 aromatic rings. The first kappa shape index (κ1) is 13.6. The highest BCUT2D eigenvalue weighted by Crippen LogP contribution is 2.48. The van der Waals surface area contributed by atoms with Crippen molar-refractivity contribution in [1.29, 1.82) is 0 Å². The lowest BCUT2D eigenvalue weighted by atomic mass is 9.73. The van der Waals surface area contributed by atoms with Gasteiger partial charge < -0.3 is 19.9 Å². The van der Waals surface area contributed by atoms with Gasteiger partial charge in [0, 0.05) is 37.6 Å². The topological polar surface area (TPSA) is 50.7 Å². The molecule has 21 heavy (non-hydrogen) atoms. The third kappa shape index (κ3) is 2.45. The summed E-state index contributed by atoms with van der Waals surface area (Å²) >= 11 is 0. The molecular formula is C17H23NO3. The molecule has 1 spiro atoms. The monoisotopic (exact) mass is 289 g/mol. The van der Waals surface area contributed by atoms with Gasteiger partial charge in [0.1, 0.15) is 17.0 Å². The first-order chi connectivity index (χ1) is 10.2. The third-order valence-electron chi connectivity index (χ3n) is 5.22. The summed E-state index contributed by atoms with van der Waals surface area (Å²) in [5.74, 6) is 1.01. The van der Waals surface area contributed by atoms with E-state index in [1.54, 1.807) is 0 Å². The van der Waals surface area contributed by atoms with Crippen LogP contribution in [0.2, 0.25) is 0 Å². The molecule has 4 nitrogen and oxygen atoms in total. The molecule has 0 amide bonds. The highest BCUT2D eigenvalue weighted by atomic mass is 16.5. The average Bonchev–Trinajstić information content (AvgIpc) is 2.90. The molecule has 2 N–H and O–H groups in total. The van der Waals surface area contributed by atoms with Gasteiger partial charge in [-0.1, -0.05) is 18.2 Å². The Labute approximate surface area is 125 Å². The van der Waals surface area contributed by atoms with Gasteiger partial charge in [0.25, 0.3) is 0 Å². The van der Waals surface area contributed by atoms with Crippen LogP contribution in [0, 0.1) is 0 Å². The first-order valence-electron chi connectivity index (χ1n) is 8.00. The molecule has 0 radical (unpaired) electrons. The molecule has 0 unspecified atom stereocenters. The summed E-state index contributed by atoms with van der Waals surface area (Å²) in [4.78, 5) is 0. The number of rotatable bonds is 3. The SMILES string of the molecule is O[C@@]1(CN[C@H]2CC3(CCC3)Oc3ccccc32)CCOC1. The van der Waals surface area contributed by atoms with E-state index in [1.807, 2.05) is 6.07 Å². The fourth-order valence-electron chi connectivity index (χ4n) is 3.73. The molecule has 1 aliphatic carbocycles. The maximum absolute atomic E-state index is 10.5. The largest absolute Gasteiger partial charge is 0.487 e. The Morgan fingerprint density at radius 2 is 2.10 bits per heavy atom. The molecule has 0 aromatic heterocycles. The number of hydrogen-bond acceptors (Lipinski definition) is 4. The smallest absolute Gasteiger partial charge is 0.124 e. The summed E-state index contributed by atoms with van der Waals surface area (Å²) in [6.07, 6.45) is 5.27. The van der Waals surface area contributed by atoms with E-state index >= 15 is 0 Å². The highest BCUT2D eigenvalue weighted by molar-refractivity contribution is 5.39. The number of fused-ring (bicyclic) bond motifs is 1. The van der Waals surface area contributed by atoms with Gasteiger partial charge in [0.2, 0.25) is 0 Å². The summed E-state index contributed by atoms with van der Waals surface area (Å²) in [6, 6.07) is 8.55. The number of nitrogens with one attached hydrogen (secondary N) is 1. The van der Waals surface area contributed by atoms with Crippen molar-refractivity contribution in [2.24, 2.45) is 0 Å². The fraction of sp³-hybridized carbons (Fsp3) is 0.647. The number of ether oxygens (including phenoxy) is 2. The van der Waals surface area contributed by atoms with Crippen molar-refractivity contribution in [3.8, 4) is 5.75 Å². The predicted molar refractivity (Wildman–Crippen MR) is 79.4 cm³/mol. The quantitative estimate of drug-likeness (QED) is 0.895. The summed E-state index contributed by atoms with van der Waals surface area (Å²) < 4.78 is 11.6. The average molecular weight is 289 g/mol. The van der Waals surface area contributed by atoms with Gasteiger partial charge in [-0.3, -0.25) is 0 Å². The lowest BCUT2D eigenvalue weighted by Gasteiger charge is -2.48. The van der Waals surface area contributed by atoms with Crippen LogP contribution in [0.3, 0.4) is 0 Å². The standard InChI is InChI=1S/C17H23NO3/c19-16(8-9-20-12-16)11-18-14-10-17(6-3-7-17)21-15-5-2-1-4-13(14)15/h1-2,4-5,14,18-19H,3,6-12H2/t14-,16+/m0/s1. The summed E-state index contributed by atoms with van der Waals surface area (Å²) in [5, 5.41) is 14.0. The Morgan fingerprint density at radius 3 is 2.81 bits per heavy atom. The number of hydrogen-bond donors (Lipinski definition) is 2. The van der Waals surface area contributed by atoms with E-state index in [2.05, 4.69) is 23.5 Å². The first-order valence-corrected chi connectivity index (χ1v) is 8.00. The van der Waals surface area contributed by atoms with Gasteiger partial charge >= 0.3 is 0 Å². The van der Waals surface area contributed by atoms with Gasteiger partial charge in [-0.05, 0) is 25.3 Å². The predicted octanol–water partition coefficient (Wildman–Crippen LogP) is 2.17. The van der Waals surface area contributed by atoms with Gasteiger partial charge in [0.05, 0.1) is 6.61 Å². The molecule has 1 aromatic carbocycles. The second-order valence-electron chi connectivity index (χ2n) is 6.84. The van der Waals surface area contributed by atoms with E-state index in [-0.39, 0.29) is 11.6 Å². The van der Waals surface area contributed by atoms with Crippen LogP contribution in [-0.2, 0) is 4.74 Å². The van der Waals surface area contributed by atoms with Gasteiger partial charge in [-0.25, -0.2) is 0 Å². The van der Waals surface area contributed by atoms with Crippen LogP contribution >= 0.6 is 0 Å². The van der Waals surface area contributed by atoms with E-state index in [9.17, 15) is 5.11 Å². The third-order valence-corrected chi connectivity index (χ3v) is 5.22. The molecule has 3 aliphatic rings. The Hall–Kier alpha value is -1.10. The van der Waals surface area contributed by atoms with Gasteiger partial charge in [0.15, 0.2) is 0 Å². The van der Waals surface area contributed by atoms with Crippen molar-refractivity contribution >= 4 is 0 Å². The maximum atomic E-state index is 10.5. The molecule has 2 atom stereocenters. The molecule has 4 rings (SSSR count). The van der Waals surface area contributed by atoms with E-state index in [1.165, 1.54) is 12.0 Å². The number of benzene rings is 1. The molecule has 4 heteroatoms. The zero-order chi connectivity index (χ0) is 14.3. The Balaban J connectivity index is 1.53. The Kier molecular flexibility index (Phi) is 3.21. The van der Waals surface area contributed by atoms with E-state index < -0.39 is 5.60 Å². The van der Waals surface area contributed by atoms with Crippen LogP contribution in [0.4, 0.5) is 0 Å². The molecule has 2 heterocycles. The van der Waals surface area contributed by atoms with Crippen LogP contribution < -0.4 is 10.1 Å². The minimum absolute atomic E-state index is 0.0286. The number of para-hydroxylation sites is 1. The normalized spacial score (nSPS) is 33.3. The van der Waals surface area contributed by atoms with Crippen molar-refractivity contribution in [2.75, 3.05) is 19.8 Å². The van der Waals surface area contributed by atoms with Crippen molar-refractivity contribution in [3.63, 3.8) is 0 Å². The minimum Gasteiger partial charge on any atom is -0.487 e. The van der Waals surface area contributed by atoms with Crippen molar-refractivity contribution in [1.82, 2.24) is 5.32 Å². The second kappa shape index (κ2) is 4.97. The van der Waals surface area contributed by atoms with Crippen LogP contribution in [0.15, 0.2) is 24.3 Å². The summed E-state index contributed by atoms with van der Waals surface area (Å²) in [6.45, 7) is 1.69. The lowest BCUT2D eigenvalue weighted by Crippen LogP contribution is -2.51. The summed E-state index contributed by atoms with van der Waals surface area (Å²) in [7, 11) is 0. The van der Waals surface area contributed by atoms with E-state index in [0.29, 0.717) is 19.8 Å². The molecule has 2 fully saturated rings. The lowest BCUT2D eigenvalue weighted by molar-refractivity contribution is -0.0411. The van der Waals surface area contributed by atoms with Crippen LogP contribution in [0.5, 0.6) is 5.75 Å². The van der Waals surface area contributed by atoms with Crippen LogP contribution in [0.25, 0.3) is 0 Å². The molecular weight excluding hydrogens is 266 g/mol. The maximum Gasteiger partial charge on any atom is 0.124 e.